The molecule has 0 saturated carbocycles. The molecule has 2 N–H and O–H groups in total. The van der Waals surface area contributed by atoms with Gasteiger partial charge in [0.1, 0.15) is 5.75 Å². The van der Waals surface area contributed by atoms with Crippen molar-refractivity contribution in [2.45, 2.75) is 13.3 Å². The van der Waals surface area contributed by atoms with Crippen LogP contribution in [0.2, 0.25) is 0 Å². The van der Waals surface area contributed by atoms with E-state index in [1.165, 1.54) is 0 Å². The maximum Gasteiger partial charge on any atom is 0.123 e. The van der Waals surface area contributed by atoms with E-state index < -0.39 is 0 Å². The molecule has 0 amide bonds. The molecule has 0 aliphatic carbocycles. The van der Waals surface area contributed by atoms with Crippen LogP contribution in [-0.2, 0) is 6.42 Å². The first kappa shape index (κ1) is 14.2. The summed E-state index contributed by atoms with van der Waals surface area (Å²) >= 11 is 0. The molecule has 0 aliphatic heterocycles. The summed E-state index contributed by atoms with van der Waals surface area (Å²) in [6, 6.07) is 11.8. The first-order valence-electron chi connectivity index (χ1n) is 6.83. The van der Waals surface area contributed by atoms with Gasteiger partial charge < -0.3 is 15.4 Å². The van der Waals surface area contributed by atoms with Crippen LogP contribution in [0, 0.1) is 0 Å². The maximum absolute atomic E-state index is 5.92. The monoisotopic (exact) mass is 271 g/mol. The van der Waals surface area contributed by atoms with Gasteiger partial charge in [-0.3, -0.25) is 4.98 Å². The highest BCUT2D eigenvalue weighted by Crippen LogP contribution is 2.25. The van der Waals surface area contributed by atoms with E-state index in [9.17, 15) is 0 Å². The zero-order valence-corrected chi connectivity index (χ0v) is 12.0. The van der Waals surface area contributed by atoms with Crippen LogP contribution in [0.3, 0.4) is 0 Å². The highest BCUT2D eigenvalue weighted by atomic mass is 16.5. The smallest absolute Gasteiger partial charge is 0.123 e. The average Bonchev–Trinajstić information content (AvgIpc) is 2.45. The van der Waals surface area contributed by atoms with Gasteiger partial charge in [-0.2, -0.15) is 0 Å². The van der Waals surface area contributed by atoms with Gasteiger partial charge in [0.2, 0.25) is 0 Å². The quantitative estimate of drug-likeness (QED) is 0.821. The van der Waals surface area contributed by atoms with Crippen molar-refractivity contribution < 1.29 is 4.74 Å². The Morgan fingerprint density at radius 2 is 2.10 bits per heavy atom. The first-order chi connectivity index (χ1) is 9.69. The number of ether oxygens (including phenoxy) is 1. The molecule has 4 nitrogen and oxygen atoms in total. The minimum absolute atomic E-state index is 0.639. The highest BCUT2D eigenvalue weighted by molar-refractivity contribution is 5.60. The van der Waals surface area contributed by atoms with Crippen LogP contribution in [0.1, 0.15) is 12.6 Å². The van der Waals surface area contributed by atoms with E-state index in [0.29, 0.717) is 6.61 Å². The number of hydrogen-bond acceptors (Lipinski definition) is 4. The Morgan fingerprint density at radius 1 is 1.25 bits per heavy atom. The highest BCUT2D eigenvalue weighted by Gasteiger charge is 2.05. The summed E-state index contributed by atoms with van der Waals surface area (Å²) < 4.78 is 5.52. The molecule has 0 bridgehead atoms. The van der Waals surface area contributed by atoms with E-state index in [-0.39, 0.29) is 0 Å². The number of nitrogen functional groups attached to an aromatic ring is 1. The molecular weight excluding hydrogens is 250 g/mol. The summed E-state index contributed by atoms with van der Waals surface area (Å²) in [5.41, 5.74) is 8.78. The lowest BCUT2D eigenvalue weighted by Crippen LogP contribution is -2.20. The van der Waals surface area contributed by atoms with Gasteiger partial charge in [0.25, 0.3) is 0 Å². The summed E-state index contributed by atoms with van der Waals surface area (Å²) in [4.78, 5) is 6.49. The SMILES string of the molecule is CCOc1cc(N)cc(N(C)CCc2ccccn2)c1. The van der Waals surface area contributed by atoms with Gasteiger partial charge in [-0.15, -0.1) is 0 Å². The van der Waals surface area contributed by atoms with Gasteiger partial charge >= 0.3 is 0 Å². The van der Waals surface area contributed by atoms with Gasteiger partial charge in [0.15, 0.2) is 0 Å². The topological polar surface area (TPSA) is 51.4 Å². The molecule has 0 fully saturated rings. The number of likely N-dealkylation sites (N-methyl/N-ethyl adjacent to an activating group) is 1. The Labute approximate surface area is 120 Å². The molecule has 0 radical (unpaired) electrons. The summed E-state index contributed by atoms with van der Waals surface area (Å²) in [7, 11) is 2.05. The minimum atomic E-state index is 0.639. The second-order valence-electron chi connectivity index (χ2n) is 4.69. The number of benzene rings is 1. The van der Waals surface area contributed by atoms with Crippen molar-refractivity contribution >= 4 is 11.4 Å². The van der Waals surface area contributed by atoms with Crippen LogP contribution in [0.5, 0.6) is 5.75 Å². The van der Waals surface area contributed by atoms with E-state index in [4.69, 9.17) is 10.5 Å². The Hall–Kier alpha value is -2.23. The lowest BCUT2D eigenvalue weighted by molar-refractivity contribution is 0.340. The molecule has 106 valence electrons. The van der Waals surface area contributed by atoms with Gasteiger partial charge in [-0.25, -0.2) is 0 Å². The normalized spacial score (nSPS) is 10.3. The van der Waals surface area contributed by atoms with Crippen molar-refractivity contribution in [1.82, 2.24) is 4.98 Å². The predicted octanol–water partition coefficient (Wildman–Crippen LogP) is 2.74. The third kappa shape index (κ3) is 3.88. The molecule has 1 aromatic heterocycles. The third-order valence-corrected chi connectivity index (χ3v) is 3.09. The predicted molar refractivity (Wildman–Crippen MR) is 83.2 cm³/mol. The van der Waals surface area contributed by atoms with Gasteiger partial charge in [0, 0.05) is 55.4 Å². The molecule has 2 rings (SSSR count). The largest absolute Gasteiger partial charge is 0.494 e. The van der Waals surface area contributed by atoms with E-state index >= 15 is 0 Å². The Kier molecular flexibility index (Phi) is 4.82. The third-order valence-electron chi connectivity index (χ3n) is 3.09. The van der Waals surface area contributed by atoms with Gasteiger partial charge in [-0.05, 0) is 25.1 Å². The maximum atomic E-state index is 5.92. The van der Waals surface area contributed by atoms with E-state index in [1.807, 2.05) is 56.6 Å². The van der Waals surface area contributed by atoms with Crippen LogP contribution in [0.15, 0.2) is 42.6 Å². The van der Waals surface area contributed by atoms with E-state index in [1.54, 1.807) is 0 Å². The van der Waals surface area contributed by atoms with Crippen LogP contribution < -0.4 is 15.4 Å². The fraction of sp³-hybridized carbons (Fsp3) is 0.312. The summed E-state index contributed by atoms with van der Waals surface area (Å²) in [5, 5.41) is 0. The molecule has 0 spiro atoms. The molecular formula is C16H21N3O. The number of pyridine rings is 1. The van der Waals surface area contributed by atoms with Crippen molar-refractivity contribution in [3.05, 3.63) is 48.3 Å². The van der Waals surface area contributed by atoms with Crippen molar-refractivity contribution in [2.75, 3.05) is 30.8 Å². The van der Waals surface area contributed by atoms with Crippen LogP contribution in [-0.4, -0.2) is 25.2 Å². The second-order valence-corrected chi connectivity index (χ2v) is 4.69. The number of nitrogens with zero attached hydrogens (tertiary/aromatic N) is 2. The minimum Gasteiger partial charge on any atom is -0.494 e. The molecule has 0 aliphatic rings. The fourth-order valence-electron chi connectivity index (χ4n) is 2.03. The van der Waals surface area contributed by atoms with Crippen LogP contribution in [0.25, 0.3) is 0 Å². The second kappa shape index (κ2) is 6.80. The standard InChI is InChI=1S/C16H21N3O/c1-3-20-16-11-13(17)10-15(12-16)19(2)9-7-14-6-4-5-8-18-14/h4-6,8,10-12H,3,7,9,17H2,1-2H3. The summed E-state index contributed by atoms with van der Waals surface area (Å²) in [5.74, 6) is 0.812. The molecule has 0 unspecified atom stereocenters. The zero-order valence-electron chi connectivity index (χ0n) is 12.0. The van der Waals surface area contributed by atoms with Crippen molar-refractivity contribution in [3.63, 3.8) is 0 Å². The lowest BCUT2D eigenvalue weighted by Gasteiger charge is -2.20. The molecule has 2 aromatic rings. The van der Waals surface area contributed by atoms with Crippen molar-refractivity contribution in [2.24, 2.45) is 0 Å². The van der Waals surface area contributed by atoms with Gasteiger partial charge in [-0.1, -0.05) is 6.07 Å². The average molecular weight is 271 g/mol. The van der Waals surface area contributed by atoms with Crippen LogP contribution >= 0.6 is 0 Å². The molecule has 1 heterocycles. The fourth-order valence-corrected chi connectivity index (χ4v) is 2.03. The van der Waals surface area contributed by atoms with Crippen LogP contribution in [0.4, 0.5) is 11.4 Å². The molecule has 0 atom stereocenters. The summed E-state index contributed by atoms with van der Waals surface area (Å²) in [6.45, 7) is 3.49. The zero-order chi connectivity index (χ0) is 14.4. The molecule has 1 aromatic carbocycles. The molecule has 20 heavy (non-hydrogen) atoms. The van der Waals surface area contributed by atoms with Gasteiger partial charge in [0.05, 0.1) is 6.61 Å². The number of hydrogen-bond donors (Lipinski definition) is 1. The number of anilines is 2. The molecule has 4 heteroatoms. The number of nitrogens with two attached hydrogens (primary N) is 1. The lowest BCUT2D eigenvalue weighted by atomic mass is 10.2. The van der Waals surface area contributed by atoms with E-state index in [2.05, 4.69) is 9.88 Å². The number of aromatic nitrogens is 1. The van der Waals surface area contributed by atoms with E-state index in [0.717, 1.165) is 35.8 Å². The Bertz CT molecular complexity index is 543. The Balaban J connectivity index is 2.03. The van der Waals surface area contributed by atoms with Crippen molar-refractivity contribution in [3.8, 4) is 5.75 Å². The van der Waals surface area contributed by atoms with Crippen molar-refractivity contribution in [1.29, 1.82) is 0 Å². The Morgan fingerprint density at radius 3 is 2.80 bits per heavy atom. The molecule has 0 saturated heterocycles. The first-order valence-corrected chi connectivity index (χ1v) is 6.83. The number of rotatable bonds is 6. The summed E-state index contributed by atoms with van der Waals surface area (Å²) in [6.07, 6.45) is 2.72.